The molecule has 0 unspecified atom stereocenters. The van der Waals surface area contributed by atoms with E-state index in [1.807, 2.05) is 6.07 Å². The Bertz CT molecular complexity index is 1040. The fourth-order valence-corrected chi connectivity index (χ4v) is 3.68. The molecule has 1 atom stereocenters. The molecule has 2 aromatic carbocycles. The second kappa shape index (κ2) is 7.97. The van der Waals surface area contributed by atoms with Crippen LogP contribution in [-0.2, 0) is 4.84 Å². The van der Waals surface area contributed by atoms with Crippen LogP contribution in [0.25, 0.3) is 10.9 Å². The number of hydrogen-bond donors (Lipinski definition) is 1. The minimum absolute atomic E-state index is 0.0955. The van der Waals surface area contributed by atoms with Gasteiger partial charge in [-0.3, -0.25) is 4.79 Å². The van der Waals surface area contributed by atoms with Crippen molar-refractivity contribution in [2.24, 2.45) is 0 Å². The van der Waals surface area contributed by atoms with Crippen molar-refractivity contribution in [3.8, 4) is 11.5 Å². The van der Waals surface area contributed by atoms with Crippen LogP contribution in [-0.4, -0.2) is 48.6 Å². The van der Waals surface area contributed by atoms with Gasteiger partial charge in [0.15, 0.2) is 17.3 Å². The molecule has 1 aromatic heterocycles. The molecule has 29 heavy (non-hydrogen) atoms. The number of methoxy groups -OCH3 is 2. The zero-order chi connectivity index (χ0) is 20.4. The second-order valence-corrected chi connectivity index (χ2v) is 6.86. The van der Waals surface area contributed by atoms with E-state index in [1.165, 1.54) is 5.06 Å². The highest BCUT2D eigenvalue weighted by Gasteiger charge is 2.35. The monoisotopic (exact) mass is 394 g/mol. The molecule has 1 N–H and O–H groups in total. The first-order valence-corrected chi connectivity index (χ1v) is 9.43. The Morgan fingerprint density at radius 3 is 2.52 bits per heavy atom. The molecule has 150 valence electrons. The van der Waals surface area contributed by atoms with Gasteiger partial charge in [0.1, 0.15) is 6.04 Å². The summed E-state index contributed by atoms with van der Waals surface area (Å²) in [5.41, 5.74) is 1.76. The van der Waals surface area contributed by atoms with E-state index in [9.17, 15) is 9.59 Å². The van der Waals surface area contributed by atoms with Gasteiger partial charge in [-0.15, -0.1) is 5.06 Å². The fourth-order valence-electron chi connectivity index (χ4n) is 3.68. The fraction of sp³-hybridized carbons (Fsp3) is 0.273. The Balaban J connectivity index is 1.59. The van der Waals surface area contributed by atoms with Crippen LogP contribution in [0.15, 0.2) is 48.7 Å². The first kappa shape index (κ1) is 19.0. The van der Waals surface area contributed by atoms with E-state index >= 15 is 0 Å². The van der Waals surface area contributed by atoms with Crippen LogP contribution in [0, 0.1) is 0 Å². The Kier molecular flexibility index (Phi) is 5.22. The van der Waals surface area contributed by atoms with Gasteiger partial charge in [0, 0.05) is 29.8 Å². The predicted molar refractivity (Wildman–Crippen MR) is 107 cm³/mol. The second-order valence-electron chi connectivity index (χ2n) is 6.86. The number of nitrogens with one attached hydrogen (secondary N) is 1. The summed E-state index contributed by atoms with van der Waals surface area (Å²) in [4.78, 5) is 34.3. The number of carbonyl (C=O) groups excluding carboxylic acids is 2. The maximum atomic E-state index is 13.3. The van der Waals surface area contributed by atoms with E-state index in [0.29, 0.717) is 35.6 Å². The zero-order valence-electron chi connectivity index (χ0n) is 16.3. The number of H-pyrrole nitrogens is 1. The normalized spacial score (nSPS) is 16.7. The number of benzene rings is 2. The maximum Gasteiger partial charge on any atom is 0.357 e. The van der Waals surface area contributed by atoms with Crippen molar-refractivity contribution in [2.45, 2.75) is 18.9 Å². The van der Waals surface area contributed by atoms with Gasteiger partial charge in [-0.1, -0.05) is 18.2 Å². The molecule has 4 rings (SSSR count). The number of rotatable bonds is 6. The molecule has 0 amide bonds. The number of nitrogens with zero attached hydrogens (tertiary/aromatic N) is 1. The van der Waals surface area contributed by atoms with Gasteiger partial charge in [-0.25, -0.2) is 4.79 Å². The minimum atomic E-state index is -0.519. The van der Waals surface area contributed by atoms with Gasteiger partial charge >= 0.3 is 5.97 Å². The first-order chi connectivity index (χ1) is 14.1. The Hall–Kier alpha value is -3.32. The molecular weight excluding hydrogens is 372 g/mol. The number of hydrogen-bond acceptors (Lipinski definition) is 6. The molecule has 7 nitrogen and oxygen atoms in total. The summed E-state index contributed by atoms with van der Waals surface area (Å²) in [7, 11) is 3.12. The van der Waals surface area contributed by atoms with Crippen molar-refractivity contribution in [1.29, 1.82) is 0 Å². The SMILES string of the molecule is COc1cc2[nH]cc(C(=O)[C@H]3CCCN3OC(=O)c3ccccc3)c2cc1OC. The molecule has 0 bridgehead atoms. The third kappa shape index (κ3) is 3.56. The highest BCUT2D eigenvalue weighted by atomic mass is 16.7. The average molecular weight is 394 g/mol. The highest BCUT2D eigenvalue weighted by molar-refractivity contribution is 6.11. The molecule has 7 heteroatoms. The Morgan fingerprint density at radius 2 is 1.79 bits per heavy atom. The van der Waals surface area contributed by atoms with Crippen molar-refractivity contribution in [3.05, 3.63) is 59.8 Å². The molecule has 0 spiro atoms. The number of ketones is 1. The third-order valence-corrected chi connectivity index (χ3v) is 5.17. The summed E-state index contributed by atoms with van der Waals surface area (Å²) in [5, 5.41) is 2.24. The van der Waals surface area contributed by atoms with Gasteiger partial charge in [0.2, 0.25) is 0 Å². The van der Waals surface area contributed by atoms with E-state index in [-0.39, 0.29) is 5.78 Å². The maximum absolute atomic E-state index is 13.3. The summed E-state index contributed by atoms with van der Waals surface area (Å²) >= 11 is 0. The summed E-state index contributed by atoms with van der Waals surface area (Å²) in [6.45, 7) is 0.522. The van der Waals surface area contributed by atoms with Crippen LogP contribution < -0.4 is 9.47 Å². The van der Waals surface area contributed by atoms with Crippen LogP contribution in [0.4, 0.5) is 0 Å². The highest BCUT2D eigenvalue weighted by Crippen LogP contribution is 2.34. The number of aromatic nitrogens is 1. The standard InChI is InChI=1S/C22H22N2O5/c1-27-19-11-15-16(13-23-17(15)12-20(19)28-2)21(25)18-9-6-10-24(18)29-22(26)14-7-4-3-5-8-14/h3-5,7-8,11-13,18,23H,6,9-10H2,1-2H3/t18-/m1/s1. The van der Waals surface area contributed by atoms with Gasteiger partial charge in [-0.05, 0) is 31.0 Å². The molecule has 0 radical (unpaired) electrons. The van der Waals surface area contributed by atoms with Crippen LogP contribution >= 0.6 is 0 Å². The van der Waals surface area contributed by atoms with E-state index in [0.717, 1.165) is 17.3 Å². The topological polar surface area (TPSA) is 80.9 Å². The molecule has 1 saturated heterocycles. The molecule has 2 heterocycles. The molecule has 0 saturated carbocycles. The van der Waals surface area contributed by atoms with Crippen molar-refractivity contribution in [2.75, 3.05) is 20.8 Å². The third-order valence-electron chi connectivity index (χ3n) is 5.17. The lowest BCUT2D eigenvalue weighted by atomic mass is 10.0. The molecule has 1 aliphatic rings. The van der Waals surface area contributed by atoms with Crippen molar-refractivity contribution < 1.29 is 23.9 Å². The smallest absolute Gasteiger partial charge is 0.357 e. The lowest BCUT2D eigenvalue weighted by Crippen LogP contribution is -2.37. The zero-order valence-corrected chi connectivity index (χ0v) is 16.3. The first-order valence-electron chi connectivity index (χ1n) is 9.43. The molecule has 3 aromatic rings. The van der Waals surface area contributed by atoms with Gasteiger partial charge in [0.05, 0.1) is 25.3 Å². The number of aromatic amines is 1. The molecule has 0 aliphatic carbocycles. The lowest BCUT2D eigenvalue weighted by Gasteiger charge is -2.22. The average Bonchev–Trinajstić information content (AvgIpc) is 3.39. The van der Waals surface area contributed by atoms with Gasteiger partial charge in [-0.2, -0.15) is 0 Å². The van der Waals surface area contributed by atoms with E-state index in [4.69, 9.17) is 14.3 Å². The summed E-state index contributed by atoms with van der Waals surface area (Å²) in [5.74, 6) is 0.574. The van der Waals surface area contributed by atoms with Crippen LogP contribution in [0.5, 0.6) is 11.5 Å². The van der Waals surface area contributed by atoms with E-state index < -0.39 is 12.0 Å². The molecule has 1 aliphatic heterocycles. The lowest BCUT2D eigenvalue weighted by molar-refractivity contribution is -0.109. The summed E-state index contributed by atoms with van der Waals surface area (Å²) in [6, 6.07) is 11.8. The number of hydroxylamine groups is 2. The number of Topliss-reactive ketones (excluding diaryl/α,β-unsaturated/α-hetero) is 1. The molecular formula is C22H22N2O5. The minimum Gasteiger partial charge on any atom is -0.493 e. The van der Waals surface area contributed by atoms with Crippen molar-refractivity contribution in [3.63, 3.8) is 0 Å². The van der Waals surface area contributed by atoms with Crippen LogP contribution in [0.2, 0.25) is 0 Å². The number of carbonyl (C=O) groups is 2. The predicted octanol–water partition coefficient (Wildman–Crippen LogP) is 3.60. The summed E-state index contributed by atoms with van der Waals surface area (Å²) < 4.78 is 10.7. The summed E-state index contributed by atoms with van der Waals surface area (Å²) in [6.07, 6.45) is 3.08. The largest absolute Gasteiger partial charge is 0.493 e. The Labute approximate surface area is 168 Å². The number of ether oxygens (including phenoxy) is 2. The number of fused-ring (bicyclic) bond motifs is 1. The van der Waals surface area contributed by atoms with Crippen molar-refractivity contribution in [1.82, 2.24) is 10.0 Å². The Morgan fingerprint density at radius 1 is 1.07 bits per heavy atom. The van der Waals surface area contributed by atoms with Crippen LogP contribution in [0.3, 0.4) is 0 Å². The van der Waals surface area contributed by atoms with E-state index in [1.54, 1.807) is 56.8 Å². The van der Waals surface area contributed by atoms with Crippen LogP contribution in [0.1, 0.15) is 33.6 Å². The molecule has 1 fully saturated rings. The van der Waals surface area contributed by atoms with E-state index in [2.05, 4.69) is 4.98 Å². The quantitative estimate of drug-likeness (QED) is 0.644. The van der Waals surface area contributed by atoms with Gasteiger partial charge < -0.3 is 19.3 Å². The van der Waals surface area contributed by atoms with Gasteiger partial charge in [0.25, 0.3) is 0 Å². The van der Waals surface area contributed by atoms with Crippen molar-refractivity contribution >= 4 is 22.7 Å².